The molecular weight excluding hydrogens is 840 g/mol. The summed E-state index contributed by atoms with van der Waals surface area (Å²) in [6, 6.07) is 44.9. The number of para-hydroxylation sites is 4. The van der Waals surface area contributed by atoms with E-state index < -0.39 is 18.1 Å². The van der Waals surface area contributed by atoms with Crippen LogP contribution in [0, 0.1) is 27.7 Å². The molecule has 10 aromatic rings. The molecule has 0 amide bonds. The number of aromatic nitrogens is 4. The second-order valence-corrected chi connectivity index (χ2v) is 20.2. The van der Waals surface area contributed by atoms with Gasteiger partial charge in [0.2, 0.25) is 0 Å². The Morgan fingerprint density at radius 2 is 0.966 bits per heavy atom. The van der Waals surface area contributed by atoms with Crippen molar-refractivity contribution in [1.29, 1.82) is 0 Å². The minimum atomic E-state index is -3.75. The maximum absolute atomic E-state index is 11.5. The molecular formula is C46H38Cl2N4O4S3. The number of nitrogens with zero attached hydrogens (tertiary/aromatic N) is 4. The summed E-state index contributed by atoms with van der Waals surface area (Å²) in [5, 5.41) is 7.17. The number of thiazole rings is 1. The van der Waals surface area contributed by atoms with Crippen molar-refractivity contribution in [2.75, 3.05) is 0 Å². The lowest BCUT2D eigenvalue weighted by atomic mass is 10.0. The van der Waals surface area contributed by atoms with Crippen molar-refractivity contribution in [1.82, 2.24) is 19.5 Å². The van der Waals surface area contributed by atoms with Gasteiger partial charge in [-0.05, 0) is 127 Å². The number of imidazole rings is 1. The first-order valence-electron chi connectivity index (χ1n) is 18.4. The molecule has 298 valence electrons. The van der Waals surface area contributed by atoms with Crippen LogP contribution in [0.1, 0.15) is 22.0 Å². The molecule has 0 aliphatic heterocycles. The van der Waals surface area contributed by atoms with Crippen LogP contribution in [0.2, 0.25) is 0 Å². The molecule has 0 atom stereocenters. The Labute approximate surface area is 355 Å². The van der Waals surface area contributed by atoms with Gasteiger partial charge in [0, 0.05) is 39.2 Å². The van der Waals surface area contributed by atoms with Crippen LogP contribution in [0.25, 0.3) is 64.6 Å². The summed E-state index contributed by atoms with van der Waals surface area (Å²) in [6.45, 7) is 7.53. The first-order valence-corrected chi connectivity index (χ1v) is 23.8. The van der Waals surface area contributed by atoms with Gasteiger partial charge in [-0.3, -0.25) is 0 Å². The SMILES string of the molecule is Cc1cc2cc3ccccc3cc2cc1S(=O)(=O)Cl.Cc1cc2cc3ccccc3nc2cc1S(=O)(=O)Cl.Cc1nc2ccccc2n1C.Cc1nc2ccccc2s1. The second kappa shape index (κ2) is 17.0. The molecule has 3 aromatic heterocycles. The van der Waals surface area contributed by atoms with Crippen LogP contribution in [-0.2, 0) is 25.1 Å². The predicted molar refractivity (Wildman–Crippen MR) is 246 cm³/mol. The van der Waals surface area contributed by atoms with Gasteiger partial charge in [0.1, 0.15) is 5.82 Å². The largest absolute Gasteiger partial charge is 0.331 e. The Kier molecular flexibility index (Phi) is 12.1. The third-order valence-corrected chi connectivity index (χ3v) is 13.6. The Morgan fingerprint density at radius 3 is 1.58 bits per heavy atom. The Hall–Kier alpha value is -5.43. The van der Waals surface area contributed by atoms with Crippen molar-refractivity contribution in [3.8, 4) is 0 Å². The molecule has 0 saturated carbocycles. The summed E-state index contributed by atoms with van der Waals surface area (Å²) in [4.78, 5) is 13.5. The van der Waals surface area contributed by atoms with Gasteiger partial charge in [-0.2, -0.15) is 0 Å². The molecule has 10 rings (SSSR count). The first-order chi connectivity index (χ1) is 28.0. The number of halogens is 2. The van der Waals surface area contributed by atoms with Gasteiger partial charge in [-0.25, -0.2) is 31.8 Å². The molecule has 13 heteroatoms. The summed E-state index contributed by atoms with van der Waals surface area (Å²) in [5.74, 6) is 1.06. The minimum Gasteiger partial charge on any atom is -0.331 e. The van der Waals surface area contributed by atoms with Gasteiger partial charge in [0.15, 0.2) is 0 Å². The summed E-state index contributed by atoms with van der Waals surface area (Å²) < 4.78 is 49.4. The fraction of sp³-hybridized carbons (Fsp3) is 0.109. The number of pyridine rings is 1. The standard InChI is InChI=1S/C15H11ClO2S.C14H10ClNO2S.C9H10N2.C8H7NS/c1-10-6-13-7-11-4-2-3-5-12(11)8-14(13)9-15(10)19(16,17)18;1-9-6-11-7-10-4-2-3-5-12(10)16-13(11)8-14(9)19(15,17)18;1-7-10-8-5-3-4-6-9(8)11(7)2;1-6-9-7-4-2-3-5-8(7)10-6/h2-9H,1H3;2-8H,1H3;3-6H,1-2H3;2-5H,1H3. The van der Waals surface area contributed by atoms with Crippen molar-refractivity contribution in [2.24, 2.45) is 7.05 Å². The van der Waals surface area contributed by atoms with Crippen LogP contribution < -0.4 is 0 Å². The zero-order valence-corrected chi connectivity index (χ0v) is 36.6. The van der Waals surface area contributed by atoms with E-state index in [-0.39, 0.29) is 9.79 Å². The highest BCUT2D eigenvalue weighted by molar-refractivity contribution is 8.14. The average Bonchev–Trinajstić information content (AvgIpc) is 3.72. The van der Waals surface area contributed by atoms with Crippen LogP contribution >= 0.6 is 32.7 Å². The number of rotatable bonds is 2. The zero-order valence-electron chi connectivity index (χ0n) is 32.7. The maximum Gasteiger partial charge on any atom is 0.261 e. The molecule has 3 heterocycles. The number of benzene rings is 7. The van der Waals surface area contributed by atoms with Crippen LogP contribution in [-0.4, -0.2) is 36.4 Å². The monoisotopic (exact) mass is 876 g/mol. The predicted octanol–water partition coefficient (Wildman–Crippen LogP) is 12.3. The third-order valence-electron chi connectivity index (χ3n) is 9.75. The normalized spacial score (nSPS) is 11.6. The van der Waals surface area contributed by atoms with Gasteiger partial charge in [0.25, 0.3) is 18.1 Å². The van der Waals surface area contributed by atoms with Crippen molar-refractivity contribution < 1.29 is 16.8 Å². The topological polar surface area (TPSA) is 112 Å². The molecule has 0 N–H and O–H groups in total. The molecule has 0 aliphatic carbocycles. The first kappa shape index (κ1) is 41.7. The van der Waals surface area contributed by atoms with Crippen LogP contribution in [0.4, 0.5) is 0 Å². The smallest absolute Gasteiger partial charge is 0.261 e. The molecule has 0 bridgehead atoms. The van der Waals surface area contributed by atoms with Crippen LogP contribution in [0.15, 0.2) is 149 Å². The van der Waals surface area contributed by atoms with Crippen molar-refractivity contribution in [3.05, 3.63) is 161 Å². The molecule has 7 aromatic carbocycles. The van der Waals surface area contributed by atoms with Crippen molar-refractivity contribution in [2.45, 2.75) is 37.5 Å². The highest BCUT2D eigenvalue weighted by Crippen LogP contribution is 2.30. The highest BCUT2D eigenvalue weighted by atomic mass is 35.7. The third kappa shape index (κ3) is 9.56. The number of fused-ring (bicyclic) bond motifs is 6. The Morgan fingerprint density at radius 1 is 0.475 bits per heavy atom. The quantitative estimate of drug-likeness (QED) is 0.126. The summed E-state index contributed by atoms with van der Waals surface area (Å²) in [6.07, 6.45) is 0. The molecule has 0 spiro atoms. The van der Waals surface area contributed by atoms with Gasteiger partial charge in [-0.1, -0.05) is 72.8 Å². The van der Waals surface area contributed by atoms with Crippen LogP contribution in [0.3, 0.4) is 0 Å². The number of aryl methyl sites for hydroxylation is 5. The molecule has 0 fully saturated rings. The maximum atomic E-state index is 11.5. The van der Waals surface area contributed by atoms with Gasteiger partial charge in [0.05, 0.1) is 47.1 Å². The van der Waals surface area contributed by atoms with E-state index in [0.29, 0.717) is 16.6 Å². The summed E-state index contributed by atoms with van der Waals surface area (Å²) in [7, 11) is 5.46. The molecule has 0 saturated heterocycles. The highest BCUT2D eigenvalue weighted by Gasteiger charge is 2.16. The molecule has 0 radical (unpaired) electrons. The lowest BCUT2D eigenvalue weighted by molar-refractivity contribution is 0.607. The van der Waals surface area contributed by atoms with E-state index in [1.807, 2.05) is 124 Å². The lowest BCUT2D eigenvalue weighted by Crippen LogP contribution is -1.95. The lowest BCUT2D eigenvalue weighted by Gasteiger charge is -2.07. The van der Waals surface area contributed by atoms with Crippen molar-refractivity contribution >= 4 is 115 Å². The van der Waals surface area contributed by atoms with E-state index in [4.69, 9.17) is 21.4 Å². The van der Waals surface area contributed by atoms with E-state index in [0.717, 1.165) is 59.7 Å². The van der Waals surface area contributed by atoms with E-state index in [9.17, 15) is 16.8 Å². The number of hydrogen-bond acceptors (Lipinski definition) is 8. The Balaban J connectivity index is 0.000000124. The fourth-order valence-corrected chi connectivity index (χ4v) is 10.0. The fourth-order valence-electron chi connectivity index (χ4n) is 6.78. The summed E-state index contributed by atoms with van der Waals surface area (Å²) >= 11 is 1.74. The van der Waals surface area contributed by atoms with Gasteiger partial charge in [-0.15, -0.1) is 11.3 Å². The molecule has 0 unspecified atom stereocenters. The van der Waals surface area contributed by atoms with E-state index in [2.05, 4.69) is 37.7 Å². The molecule has 8 nitrogen and oxygen atoms in total. The van der Waals surface area contributed by atoms with Gasteiger partial charge >= 0.3 is 0 Å². The molecule has 0 aliphatic rings. The average molecular weight is 878 g/mol. The van der Waals surface area contributed by atoms with Crippen molar-refractivity contribution in [3.63, 3.8) is 0 Å². The second-order valence-electron chi connectivity index (χ2n) is 13.9. The number of hydrogen-bond donors (Lipinski definition) is 0. The Bertz CT molecular complexity index is 3240. The zero-order chi connectivity index (χ0) is 42.1. The van der Waals surface area contributed by atoms with E-state index in [1.54, 1.807) is 37.3 Å². The minimum absolute atomic E-state index is 0.115. The molecule has 59 heavy (non-hydrogen) atoms. The van der Waals surface area contributed by atoms with E-state index in [1.165, 1.54) is 16.3 Å². The van der Waals surface area contributed by atoms with Crippen LogP contribution in [0.5, 0.6) is 0 Å². The summed E-state index contributed by atoms with van der Waals surface area (Å²) in [5.41, 5.74) is 6.14. The van der Waals surface area contributed by atoms with E-state index >= 15 is 0 Å². The van der Waals surface area contributed by atoms with Gasteiger partial charge < -0.3 is 4.57 Å².